The van der Waals surface area contributed by atoms with Gasteiger partial charge in [0.2, 0.25) is 0 Å². The fourth-order valence-electron chi connectivity index (χ4n) is 4.47. The van der Waals surface area contributed by atoms with Gasteiger partial charge in [0.1, 0.15) is 24.6 Å². The molecule has 1 atom stereocenters. The van der Waals surface area contributed by atoms with E-state index < -0.39 is 6.04 Å². The van der Waals surface area contributed by atoms with Gasteiger partial charge in [0.25, 0.3) is 5.91 Å². The summed E-state index contributed by atoms with van der Waals surface area (Å²) in [5, 5.41) is 4.80. The van der Waals surface area contributed by atoms with Crippen LogP contribution in [0.1, 0.15) is 47.1 Å². The highest BCUT2D eigenvalue weighted by Gasteiger charge is 2.22. The summed E-state index contributed by atoms with van der Waals surface area (Å²) in [6.45, 7) is 6.31. The highest BCUT2D eigenvalue weighted by molar-refractivity contribution is 6.31. The average Bonchev–Trinajstić information content (AvgIpc) is 3.59. The van der Waals surface area contributed by atoms with Crippen molar-refractivity contribution in [1.29, 1.82) is 0 Å². The second kappa shape index (κ2) is 11.0. The van der Waals surface area contributed by atoms with Crippen molar-refractivity contribution in [2.45, 2.75) is 32.2 Å². The van der Waals surface area contributed by atoms with Crippen LogP contribution in [0.5, 0.6) is 0 Å². The van der Waals surface area contributed by atoms with Crippen LogP contribution in [0, 0.1) is 6.92 Å². The van der Waals surface area contributed by atoms with E-state index in [0.717, 1.165) is 28.4 Å². The van der Waals surface area contributed by atoms with Crippen LogP contribution in [0.25, 0.3) is 21.9 Å². The van der Waals surface area contributed by atoms with Gasteiger partial charge in [0.05, 0.1) is 22.6 Å². The second-order valence-corrected chi connectivity index (χ2v) is 9.51. The van der Waals surface area contributed by atoms with E-state index >= 15 is 0 Å². The number of carbonyl (C=O) groups excluding carboxylic acids is 2. The molecular weight excluding hydrogens is 504 g/mol. The number of hydrogen-bond donors (Lipinski definition) is 2. The summed E-state index contributed by atoms with van der Waals surface area (Å²) in [7, 11) is 0. The molecule has 0 spiro atoms. The zero-order valence-corrected chi connectivity index (χ0v) is 21.7. The predicted octanol–water partition coefficient (Wildman–Crippen LogP) is 5.49. The monoisotopic (exact) mass is 530 g/mol. The van der Waals surface area contributed by atoms with E-state index in [1.54, 1.807) is 23.1 Å². The molecule has 4 aromatic rings. The molecule has 0 fully saturated rings. The number of aromatic nitrogens is 4. The molecule has 0 saturated heterocycles. The molecule has 38 heavy (non-hydrogen) atoms. The number of halogens is 1. The molecule has 0 unspecified atom stereocenters. The number of ether oxygens (including phenoxy) is 1. The minimum atomic E-state index is -0.396. The van der Waals surface area contributed by atoms with E-state index in [4.69, 9.17) is 21.3 Å². The van der Waals surface area contributed by atoms with Gasteiger partial charge >= 0.3 is 5.97 Å². The summed E-state index contributed by atoms with van der Waals surface area (Å²) in [4.78, 5) is 44.0. The van der Waals surface area contributed by atoms with Crippen LogP contribution in [0.4, 0.5) is 5.82 Å². The number of aryl methyl sites for hydroxylation is 1. The zero-order valence-electron chi connectivity index (χ0n) is 20.9. The quantitative estimate of drug-likeness (QED) is 0.217. The van der Waals surface area contributed by atoms with E-state index in [1.165, 1.54) is 12.4 Å². The highest BCUT2D eigenvalue weighted by Crippen LogP contribution is 2.30. The van der Waals surface area contributed by atoms with Crippen molar-refractivity contribution in [3.63, 3.8) is 0 Å². The fraction of sp³-hybridized carbons (Fsp3) is 0.250. The molecule has 1 amide bonds. The summed E-state index contributed by atoms with van der Waals surface area (Å²) in [5.74, 6) is 0.817. The van der Waals surface area contributed by atoms with Gasteiger partial charge in [-0.25, -0.2) is 15.0 Å². The Labute approximate surface area is 224 Å². The van der Waals surface area contributed by atoms with Gasteiger partial charge in [-0.15, -0.1) is 0 Å². The maximum atomic E-state index is 13.0. The minimum Gasteiger partial charge on any atom is -0.461 e. The molecule has 2 N–H and O–H groups in total. The molecule has 9 nitrogen and oxygen atoms in total. The normalized spacial score (nSPS) is 13.7. The number of nitrogens with zero attached hydrogens (tertiary/aromatic N) is 4. The van der Waals surface area contributed by atoms with Crippen LogP contribution >= 0.6 is 11.6 Å². The lowest BCUT2D eigenvalue weighted by molar-refractivity contribution is -0.142. The standard InChI is InChI=1S/C28H27ClN6O3/c1-3-12-38-25(36)9-8-22(27-32-21-7-6-18(29)14-24(21)34-27)33-26-20-13-17(2)19(15-23(20)30-16-31-26)28(37)35-10-4-5-11-35/h3-4,6-7,10,13-16,22H,1,5,8-9,11-12H2,2H3,(H,32,34)(H,30,31,33)/t22-/m0/s1. The Morgan fingerprint density at radius 2 is 2.13 bits per heavy atom. The summed E-state index contributed by atoms with van der Waals surface area (Å²) in [5.41, 5.74) is 3.61. The van der Waals surface area contributed by atoms with Gasteiger partial charge in [-0.2, -0.15) is 0 Å². The first-order valence-corrected chi connectivity index (χ1v) is 12.7. The molecule has 1 aliphatic rings. The molecule has 194 valence electrons. The van der Waals surface area contributed by atoms with Crippen molar-refractivity contribution in [1.82, 2.24) is 24.8 Å². The molecule has 10 heteroatoms. The molecule has 0 radical (unpaired) electrons. The van der Waals surface area contributed by atoms with Crippen molar-refractivity contribution in [2.75, 3.05) is 18.5 Å². The smallest absolute Gasteiger partial charge is 0.306 e. The van der Waals surface area contributed by atoms with Crippen molar-refractivity contribution >= 4 is 51.2 Å². The Morgan fingerprint density at radius 1 is 1.26 bits per heavy atom. The first-order valence-electron chi connectivity index (χ1n) is 12.3. The van der Waals surface area contributed by atoms with Crippen molar-refractivity contribution in [3.05, 3.63) is 83.6 Å². The molecule has 1 aliphatic heterocycles. The third kappa shape index (κ3) is 5.38. The Morgan fingerprint density at radius 3 is 2.92 bits per heavy atom. The number of esters is 1. The minimum absolute atomic E-state index is 0.0527. The van der Waals surface area contributed by atoms with Gasteiger partial charge < -0.3 is 19.9 Å². The number of nitrogens with one attached hydrogen (secondary N) is 2. The van der Waals surface area contributed by atoms with Gasteiger partial charge in [-0.05, 0) is 55.7 Å². The van der Waals surface area contributed by atoms with Crippen LogP contribution in [0.3, 0.4) is 0 Å². The van der Waals surface area contributed by atoms with E-state index in [-0.39, 0.29) is 24.9 Å². The van der Waals surface area contributed by atoms with Gasteiger partial charge in [-0.1, -0.05) is 30.3 Å². The summed E-state index contributed by atoms with van der Waals surface area (Å²) >= 11 is 6.16. The predicted molar refractivity (Wildman–Crippen MR) is 147 cm³/mol. The number of carbonyl (C=O) groups is 2. The maximum absolute atomic E-state index is 13.0. The molecule has 2 aromatic carbocycles. The molecule has 2 aromatic heterocycles. The molecule has 0 aliphatic carbocycles. The Balaban J connectivity index is 1.47. The van der Waals surface area contributed by atoms with E-state index in [1.807, 2.05) is 31.3 Å². The Kier molecular flexibility index (Phi) is 7.37. The largest absolute Gasteiger partial charge is 0.461 e. The number of fused-ring (bicyclic) bond motifs is 2. The zero-order chi connectivity index (χ0) is 26.6. The molecular formula is C28H27ClN6O3. The number of imidazole rings is 1. The Hall–Kier alpha value is -4.24. The number of amides is 1. The lowest BCUT2D eigenvalue weighted by Gasteiger charge is -2.19. The summed E-state index contributed by atoms with van der Waals surface area (Å²) in [6.07, 6.45) is 8.20. The Bertz CT molecular complexity index is 1560. The van der Waals surface area contributed by atoms with Crippen LogP contribution in [-0.4, -0.2) is 49.9 Å². The first-order chi connectivity index (χ1) is 18.4. The van der Waals surface area contributed by atoms with Gasteiger partial charge in [0, 0.05) is 35.1 Å². The summed E-state index contributed by atoms with van der Waals surface area (Å²) in [6, 6.07) is 8.74. The van der Waals surface area contributed by atoms with Crippen LogP contribution in [0.15, 0.2) is 61.6 Å². The number of hydrogen-bond acceptors (Lipinski definition) is 7. The highest BCUT2D eigenvalue weighted by atomic mass is 35.5. The van der Waals surface area contributed by atoms with Crippen LogP contribution in [0.2, 0.25) is 5.02 Å². The maximum Gasteiger partial charge on any atom is 0.306 e. The third-order valence-corrected chi connectivity index (χ3v) is 6.63. The number of benzene rings is 2. The van der Waals surface area contributed by atoms with E-state index in [0.29, 0.717) is 40.7 Å². The average molecular weight is 531 g/mol. The number of H-pyrrole nitrogens is 1. The number of rotatable bonds is 9. The molecule has 5 rings (SSSR count). The SMILES string of the molecule is C=CCOC(=O)CC[C@H](Nc1ncnc2cc(C(=O)N3C=CCC3)c(C)cc12)c1nc2ccc(Cl)cc2[nH]1. The molecule has 0 bridgehead atoms. The van der Waals surface area contributed by atoms with Crippen LogP contribution in [-0.2, 0) is 9.53 Å². The van der Waals surface area contributed by atoms with E-state index in [2.05, 4.69) is 26.8 Å². The third-order valence-electron chi connectivity index (χ3n) is 6.40. The van der Waals surface area contributed by atoms with Crippen LogP contribution < -0.4 is 5.32 Å². The van der Waals surface area contributed by atoms with Gasteiger partial charge in [-0.3, -0.25) is 9.59 Å². The number of anilines is 1. The lowest BCUT2D eigenvalue weighted by Crippen LogP contribution is -2.24. The van der Waals surface area contributed by atoms with Crippen molar-refractivity contribution in [3.8, 4) is 0 Å². The van der Waals surface area contributed by atoms with Crippen molar-refractivity contribution in [2.24, 2.45) is 0 Å². The second-order valence-electron chi connectivity index (χ2n) is 9.07. The topological polar surface area (TPSA) is 113 Å². The summed E-state index contributed by atoms with van der Waals surface area (Å²) < 4.78 is 5.17. The lowest BCUT2D eigenvalue weighted by atomic mass is 10.0. The number of aromatic amines is 1. The first kappa shape index (κ1) is 25.4. The fourth-order valence-corrected chi connectivity index (χ4v) is 4.64. The van der Waals surface area contributed by atoms with Gasteiger partial charge in [0.15, 0.2) is 0 Å². The molecule has 0 saturated carbocycles. The van der Waals surface area contributed by atoms with E-state index in [9.17, 15) is 9.59 Å². The molecule has 3 heterocycles. The van der Waals surface area contributed by atoms with Crippen molar-refractivity contribution < 1.29 is 14.3 Å².